The van der Waals surface area contributed by atoms with Crippen LogP contribution in [0.1, 0.15) is 0 Å². The molecule has 0 N–H and O–H groups in total. The second-order valence-electron chi connectivity index (χ2n) is 26.9. The van der Waals surface area contributed by atoms with Crippen LogP contribution in [0.25, 0.3) is 129 Å². The Morgan fingerprint density at radius 3 is 0.456 bits per heavy atom. The summed E-state index contributed by atoms with van der Waals surface area (Å²) < 4.78 is 223. The zero-order valence-corrected chi connectivity index (χ0v) is 94.4. The molecule has 0 aliphatic heterocycles. The fraction of sp³-hybridized carbons (Fsp3) is 0.116. The molecule has 0 fully saturated rings. The molecule has 16 aromatic rings. The third kappa shape index (κ3) is 64.0. The monoisotopic (exact) mass is 2640 g/mol. The van der Waals surface area contributed by atoms with E-state index in [0.29, 0.717) is 69.1 Å². The molecule has 0 spiro atoms. The minimum absolute atomic E-state index is 0. The van der Waals surface area contributed by atoms with Gasteiger partial charge in [0.15, 0.2) is 40.1 Å². The molecule has 0 aliphatic rings. The summed E-state index contributed by atoms with van der Waals surface area (Å²) in [6, 6.07) is 82.2. The zero-order chi connectivity index (χ0) is 107. The van der Waals surface area contributed by atoms with Gasteiger partial charge in [0.25, 0.3) is 0 Å². The van der Waals surface area contributed by atoms with Gasteiger partial charge < -0.3 is 100.0 Å². The third-order valence-corrected chi connectivity index (χ3v) is 17.5. The molecular weight excluding hydrogens is 2580 g/mol. The van der Waals surface area contributed by atoms with Crippen LogP contribution in [0.4, 0.5) is 120 Å². The number of pyridine rings is 12. The SMILES string of the molecule is CS(=O)(=O)[N-]c1ccc2ccc([N-]c3ccc(-c4ccccc4)cn3)nc2n1.CS(=O)(=O)[N-]c1ccc2ccc([N-]c3ccc(-c4ccccc4)cn3)nc2n1.CS(=O)(=O)[N-]c1ccc2ccc([N-]c3ccc(-c4ccccc4)cn3)nc2n1.CS(=O)(=O)[N-]c1ccc2ccc([N-]c3ccc(-c4ccccc4)cn3)nc2n1.ClCCl.ClCCl.ClCCl.ClCCl.ClCCl.ClCCl.F[P-](F)(F)(F)(F)F.F[P-](F)(F)(F)(F)F.[Ni+2].[Ni+2].[Ni+2].[Ni+2].[Ni+2]. The summed E-state index contributed by atoms with van der Waals surface area (Å²) in [6.07, 6.45) is 11.1. The number of benzene rings is 4. The van der Waals surface area contributed by atoms with Gasteiger partial charge in [0.05, 0.1) is 32.0 Å². The first-order valence-electron chi connectivity index (χ1n) is 38.8. The standard InChI is InChI=1S/4C20H15N5O2S.6CH2Cl2.2F6P.5Ni/c4*1-28(26,27)25-19-12-8-15-7-11-18(23-20(15)24-19)22-17-10-9-16(13-21-17)14-5-3-2-4-6-14;6*2-1-3;2*1-7(2,3,4,5)6;;;;;/h4*2-13H,1H3;6*1H2;;;;;;;/q4*-2;;;;;;;2*-1;5*+2. The molecule has 28 nitrogen and oxygen atoms in total. The molecule has 0 unspecified atom stereocenters. The van der Waals surface area contributed by atoms with Crippen molar-refractivity contribution in [2.45, 2.75) is 0 Å². The number of hydrogen-bond donors (Lipinski definition) is 0. The molecular formula is C86H72Cl12F12N20Ni5O8P2S4. The van der Waals surface area contributed by atoms with Gasteiger partial charge >= 0.3 is 148 Å². The third-order valence-electron chi connectivity index (χ3n) is 15.5. The van der Waals surface area contributed by atoms with Crippen molar-refractivity contribution in [3.63, 3.8) is 0 Å². The fourth-order valence-electron chi connectivity index (χ4n) is 10.5. The topological polar surface area (TPSA) is 404 Å². The smallest absolute Gasteiger partial charge is 2.00 e. The van der Waals surface area contributed by atoms with Gasteiger partial charge in [-0.05, 0) is 185 Å². The van der Waals surface area contributed by atoms with E-state index in [2.05, 4.69) is 100.0 Å². The van der Waals surface area contributed by atoms with E-state index in [0.717, 1.165) is 91.1 Å². The predicted octanol–water partition coefficient (Wildman–Crippen LogP) is 35.3. The molecule has 0 amide bonds. The van der Waals surface area contributed by atoms with Gasteiger partial charge in [-0.1, -0.05) is 218 Å². The summed E-state index contributed by atoms with van der Waals surface area (Å²) in [6.45, 7) is 0. The van der Waals surface area contributed by atoms with Crippen molar-refractivity contribution >= 4 is 309 Å². The molecule has 0 radical (unpaired) electrons. The zero-order valence-electron chi connectivity index (χ0n) is 75.3. The van der Waals surface area contributed by atoms with Crippen LogP contribution >= 0.6 is 155 Å². The van der Waals surface area contributed by atoms with Crippen LogP contribution in [-0.4, -0.2) is 151 Å². The normalized spacial score (nSPS) is 11.4. The number of rotatable bonds is 20. The quantitative estimate of drug-likeness (QED) is 0.0296. The molecule has 63 heteroatoms. The van der Waals surface area contributed by atoms with Crippen molar-refractivity contribution < 1.29 is 166 Å². The predicted molar refractivity (Wildman–Crippen MR) is 566 cm³/mol. The number of fused-ring (bicyclic) bond motifs is 4. The maximum absolute atomic E-state index is 11.3. The Balaban J connectivity index is 0.00000176. The molecule has 0 atom stereocenters. The maximum atomic E-state index is 11.3. The molecule has 149 heavy (non-hydrogen) atoms. The number of nitrogens with zero attached hydrogens (tertiary/aromatic N) is 20. The molecule has 0 saturated carbocycles. The Morgan fingerprint density at radius 1 is 0.201 bits per heavy atom. The largest absolute Gasteiger partial charge is 2.00 e. The van der Waals surface area contributed by atoms with Crippen molar-refractivity contribution in [2.24, 2.45) is 0 Å². The minimum atomic E-state index is -10.7. The Labute approximate surface area is 958 Å². The second-order valence-corrected chi connectivity index (χ2v) is 42.2. The van der Waals surface area contributed by atoms with E-state index in [1.807, 2.05) is 194 Å². The number of hydrogen-bond acceptors (Lipinski definition) is 20. The van der Waals surface area contributed by atoms with Crippen LogP contribution < -0.4 is 0 Å². The van der Waals surface area contributed by atoms with Gasteiger partial charge in [-0.15, -0.1) is 139 Å². The molecule has 816 valence electrons. The van der Waals surface area contributed by atoms with Crippen LogP contribution in [-0.2, 0) is 123 Å². The second kappa shape index (κ2) is 64.9. The summed E-state index contributed by atoms with van der Waals surface area (Å²) in [5.41, 5.74) is 9.79. The first-order chi connectivity index (χ1) is 67.2. The van der Waals surface area contributed by atoms with Crippen LogP contribution in [0.15, 0.2) is 292 Å². The van der Waals surface area contributed by atoms with Crippen molar-refractivity contribution in [1.82, 2.24) is 59.8 Å². The number of halogens is 24. The molecule has 4 aromatic carbocycles. The van der Waals surface area contributed by atoms with E-state index < -0.39 is 55.7 Å². The number of alkyl halides is 12. The summed E-state index contributed by atoms with van der Waals surface area (Å²) >= 11 is 57.2. The Morgan fingerprint density at radius 2 is 0.329 bits per heavy atom. The molecule has 12 heterocycles. The van der Waals surface area contributed by atoms with Gasteiger partial charge in [0, 0.05) is 71.6 Å². The van der Waals surface area contributed by atoms with Gasteiger partial charge in [-0.2, -0.15) is 0 Å². The van der Waals surface area contributed by atoms with Crippen molar-refractivity contribution in [2.75, 3.05) is 57.1 Å². The average molecular weight is 2650 g/mol. The van der Waals surface area contributed by atoms with Crippen molar-refractivity contribution in [3.8, 4) is 44.5 Å². The first-order valence-corrected chi connectivity index (χ1v) is 56.7. The van der Waals surface area contributed by atoms with Crippen LogP contribution in [0, 0.1) is 0 Å². The van der Waals surface area contributed by atoms with E-state index in [1.54, 1.807) is 73.3 Å². The first kappa shape index (κ1) is 141. The van der Waals surface area contributed by atoms with Crippen LogP contribution in [0.5, 0.6) is 0 Å². The van der Waals surface area contributed by atoms with Crippen LogP contribution in [0.2, 0.25) is 0 Å². The van der Waals surface area contributed by atoms with E-state index >= 15 is 0 Å². The average Bonchev–Trinajstić information content (AvgIpc) is 0.789. The van der Waals surface area contributed by atoms with E-state index in [1.165, 1.54) is 24.3 Å². The number of aromatic nitrogens is 12. The van der Waals surface area contributed by atoms with Crippen molar-refractivity contribution in [1.29, 1.82) is 0 Å². The molecule has 12 aromatic heterocycles. The van der Waals surface area contributed by atoms with Crippen molar-refractivity contribution in [3.05, 3.63) is 332 Å². The van der Waals surface area contributed by atoms with E-state index in [-0.39, 0.29) is 138 Å². The Hall–Kier alpha value is -8.11. The Kier molecular flexibility index (Phi) is 61.4. The minimum Gasteiger partial charge on any atom is 2.00 e. The molecule has 0 bridgehead atoms. The molecule has 16 rings (SSSR count). The van der Waals surface area contributed by atoms with Crippen LogP contribution in [0.3, 0.4) is 0 Å². The summed E-state index contributed by atoms with van der Waals surface area (Å²) in [4.78, 5) is 51.7. The van der Waals surface area contributed by atoms with Gasteiger partial charge in [-0.25, -0.2) is 33.7 Å². The molecule has 0 saturated heterocycles. The maximum Gasteiger partial charge on any atom is 2.00 e. The summed E-state index contributed by atoms with van der Waals surface area (Å²) in [7, 11) is -35.4. The number of sulfonamides is 4. The summed E-state index contributed by atoms with van der Waals surface area (Å²) in [5.74, 6) is 4.13. The van der Waals surface area contributed by atoms with Gasteiger partial charge in [0.2, 0.25) is 0 Å². The van der Waals surface area contributed by atoms with E-state index in [9.17, 15) is 84.0 Å². The van der Waals surface area contributed by atoms with Gasteiger partial charge in [-0.3, -0.25) is 0 Å². The summed E-state index contributed by atoms with van der Waals surface area (Å²) in [5, 5.41) is 21.9. The fourth-order valence-corrected chi connectivity index (χ4v) is 12.3. The molecule has 0 aliphatic carbocycles. The Bertz CT molecular complexity index is 6430. The van der Waals surface area contributed by atoms with Gasteiger partial charge in [0.1, 0.15) is 0 Å². The van der Waals surface area contributed by atoms with E-state index in [4.69, 9.17) is 139 Å².